The lowest BCUT2D eigenvalue weighted by atomic mass is 9.78. The average molecular weight is 320 g/mol. The van der Waals surface area contributed by atoms with Crippen molar-refractivity contribution in [2.45, 2.75) is 58.5 Å². The molecule has 120 valence electrons. The molecule has 1 aliphatic rings. The number of hydrogen-bond acceptors (Lipinski definition) is 4. The molecule has 1 aromatic rings. The zero-order valence-electron chi connectivity index (χ0n) is 14.5. The quantitative estimate of drug-likeness (QED) is 0.632. The first-order valence-corrected chi connectivity index (χ1v) is 11.0. The second kappa shape index (κ2) is 5.51. The molecule has 0 aliphatic carbocycles. The molecule has 1 fully saturated rings. The van der Waals surface area contributed by atoms with Crippen molar-refractivity contribution < 1.29 is 18.5 Å². The van der Waals surface area contributed by atoms with Gasteiger partial charge in [0.05, 0.1) is 16.8 Å². The number of aldehydes is 1. The summed E-state index contributed by atoms with van der Waals surface area (Å²) < 4.78 is 18.0. The molecule has 2 rings (SSSR count). The average Bonchev–Trinajstić information content (AvgIpc) is 2.57. The lowest BCUT2D eigenvalue weighted by Crippen LogP contribution is -2.41. The van der Waals surface area contributed by atoms with Gasteiger partial charge in [0, 0.05) is 0 Å². The van der Waals surface area contributed by atoms with E-state index in [9.17, 15) is 4.79 Å². The van der Waals surface area contributed by atoms with E-state index in [4.69, 9.17) is 13.7 Å². The van der Waals surface area contributed by atoms with Gasteiger partial charge < -0.3 is 13.7 Å². The molecule has 0 saturated carbocycles. The van der Waals surface area contributed by atoms with Crippen molar-refractivity contribution in [3.63, 3.8) is 0 Å². The minimum Gasteiger partial charge on any atom is -0.544 e. The minimum absolute atomic E-state index is 0.396. The smallest absolute Gasteiger partial charge is 0.494 e. The molecule has 0 N–H and O–H groups in total. The van der Waals surface area contributed by atoms with Crippen LogP contribution in [-0.4, -0.2) is 32.9 Å². The van der Waals surface area contributed by atoms with E-state index in [2.05, 4.69) is 19.6 Å². The standard InChI is InChI=1S/C16H25BO4Si/c1-15(2)16(3,4)21-17(20-15)13-8-9-14(12(10-13)11-18)19-22(5,6)7/h8-11H,1-7H3. The van der Waals surface area contributed by atoms with Gasteiger partial charge in [0.2, 0.25) is 8.32 Å². The molecule has 1 saturated heterocycles. The number of hydrogen-bond donors (Lipinski definition) is 0. The summed E-state index contributed by atoms with van der Waals surface area (Å²) in [5, 5.41) is 0. The summed E-state index contributed by atoms with van der Waals surface area (Å²) in [4.78, 5) is 11.4. The summed E-state index contributed by atoms with van der Waals surface area (Å²) in [6.45, 7) is 14.3. The SMILES string of the molecule is CC1(C)OB(c2ccc(O[Si](C)(C)C)c(C=O)c2)OC1(C)C. The molecule has 0 unspecified atom stereocenters. The van der Waals surface area contributed by atoms with E-state index < -0.39 is 26.6 Å². The first kappa shape index (κ1) is 17.2. The Morgan fingerprint density at radius 1 is 1.09 bits per heavy atom. The Balaban J connectivity index is 2.30. The molecule has 1 aliphatic heterocycles. The first-order chi connectivity index (χ1) is 9.95. The Bertz CT molecular complexity index is 562. The van der Waals surface area contributed by atoms with E-state index >= 15 is 0 Å². The van der Waals surface area contributed by atoms with Gasteiger partial charge in [-0.05, 0) is 64.9 Å². The van der Waals surface area contributed by atoms with E-state index in [1.165, 1.54) is 0 Å². The molecular weight excluding hydrogens is 295 g/mol. The van der Waals surface area contributed by atoms with Gasteiger partial charge in [-0.15, -0.1) is 0 Å². The summed E-state index contributed by atoms with van der Waals surface area (Å²) in [7, 11) is -2.23. The Morgan fingerprint density at radius 3 is 2.09 bits per heavy atom. The lowest BCUT2D eigenvalue weighted by Gasteiger charge is -2.32. The van der Waals surface area contributed by atoms with Crippen molar-refractivity contribution >= 4 is 27.2 Å². The number of rotatable bonds is 4. The lowest BCUT2D eigenvalue weighted by molar-refractivity contribution is 0.00578. The van der Waals surface area contributed by atoms with Crippen molar-refractivity contribution in [1.29, 1.82) is 0 Å². The summed E-state index contributed by atoms with van der Waals surface area (Å²) >= 11 is 0. The van der Waals surface area contributed by atoms with Crippen LogP contribution in [0.2, 0.25) is 19.6 Å². The Morgan fingerprint density at radius 2 is 1.64 bits per heavy atom. The highest BCUT2D eigenvalue weighted by Gasteiger charge is 2.51. The maximum atomic E-state index is 11.4. The van der Waals surface area contributed by atoms with E-state index in [-0.39, 0.29) is 0 Å². The van der Waals surface area contributed by atoms with Crippen molar-refractivity contribution in [2.75, 3.05) is 0 Å². The summed E-state index contributed by atoms with van der Waals surface area (Å²) in [6, 6.07) is 5.54. The zero-order chi connectivity index (χ0) is 16.8. The van der Waals surface area contributed by atoms with Crippen LogP contribution in [0.15, 0.2) is 18.2 Å². The topological polar surface area (TPSA) is 44.8 Å². The van der Waals surface area contributed by atoms with E-state index in [1.54, 1.807) is 6.07 Å². The van der Waals surface area contributed by atoms with Crippen LogP contribution < -0.4 is 9.89 Å². The molecule has 0 bridgehead atoms. The van der Waals surface area contributed by atoms with Crippen LogP contribution in [0, 0.1) is 0 Å². The van der Waals surface area contributed by atoms with Crippen molar-refractivity contribution in [2.24, 2.45) is 0 Å². The van der Waals surface area contributed by atoms with Crippen molar-refractivity contribution in [3.8, 4) is 5.75 Å². The van der Waals surface area contributed by atoms with E-state index in [0.29, 0.717) is 11.3 Å². The second-order valence-electron chi connectivity index (χ2n) is 7.72. The van der Waals surface area contributed by atoms with E-state index in [0.717, 1.165) is 11.7 Å². The minimum atomic E-state index is -1.76. The normalized spacial score (nSPS) is 20.0. The van der Waals surface area contributed by atoms with Gasteiger partial charge in [0.25, 0.3) is 0 Å². The molecule has 0 spiro atoms. The third-order valence-electron chi connectivity index (χ3n) is 4.10. The summed E-state index contributed by atoms with van der Waals surface area (Å²) in [6.07, 6.45) is 0.824. The van der Waals surface area contributed by atoms with Crippen LogP contribution in [-0.2, 0) is 9.31 Å². The summed E-state index contributed by atoms with van der Waals surface area (Å²) in [5.74, 6) is 0.634. The highest BCUT2D eigenvalue weighted by Crippen LogP contribution is 2.36. The molecule has 0 atom stereocenters. The van der Waals surface area contributed by atoms with Gasteiger partial charge in [-0.3, -0.25) is 4.79 Å². The molecule has 1 aromatic carbocycles. The number of carbonyl (C=O) groups excluding carboxylic acids is 1. The first-order valence-electron chi connectivity index (χ1n) is 7.59. The van der Waals surface area contributed by atoms with Gasteiger partial charge in [-0.1, -0.05) is 6.07 Å². The van der Waals surface area contributed by atoms with Gasteiger partial charge in [0.15, 0.2) is 6.29 Å². The molecule has 0 aromatic heterocycles. The largest absolute Gasteiger partial charge is 0.544 e. The maximum absolute atomic E-state index is 11.4. The fourth-order valence-electron chi connectivity index (χ4n) is 2.21. The Labute approximate surface area is 134 Å². The van der Waals surface area contributed by atoms with Crippen LogP contribution in [0.4, 0.5) is 0 Å². The maximum Gasteiger partial charge on any atom is 0.494 e. The van der Waals surface area contributed by atoms with Crippen LogP contribution in [0.1, 0.15) is 38.1 Å². The third kappa shape index (κ3) is 3.45. The van der Waals surface area contributed by atoms with Crippen LogP contribution in [0.25, 0.3) is 0 Å². The van der Waals surface area contributed by atoms with Crippen LogP contribution in [0.3, 0.4) is 0 Å². The number of carbonyl (C=O) groups is 1. The molecule has 6 heteroatoms. The molecular formula is C16H25BO4Si. The molecule has 1 heterocycles. The van der Waals surface area contributed by atoms with Crippen molar-refractivity contribution in [1.82, 2.24) is 0 Å². The predicted octanol–water partition coefficient (Wildman–Crippen LogP) is 3.01. The summed E-state index contributed by atoms with van der Waals surface area (Å²) in [5.41, 5.74) is 0.581. The molecule has 0 amide bonds. The Kier molecular flexibility index (Phi) is 4.32. The van der Waals surface area contributed by atoms with Gasteiger partial charge in [0.1, 0.15) is 5.75 Å². The highest BCUT2D eigenvalue weighted by molar-refractivity contribution is 6.70. The fourth-order valence-corrected chi connectivity index (χ4v) is 3.05. The Hall–Kier alpha value is -1.11. The second-order valence-corrected chi connectivity index (χ2v) is 12.1. The van der Waals surface area contributed by atoms with Crippen LogP contribution in [0.5, 0.6) is 5.75 Å². The van der Waals surface area contributed by atoms with Crippen LogP contribution >= 0.6 is 0 Å². The monoisotopic (exact) mass is 320 g/mol. The highest BCUT2D eigenvalue weighted by atomic mass is 28.4. The van der Waals surface area contributed by atoms with Gasteiger partial charge in [-0.2, -0.15) is 0 Å². The van der Waals surface area contributed by atoms with Crippen molar-refractivity contribution in [3.05, 3.63) is 23.8 Å². The third-order valence-corrected chi connectivity index (χ3v) is 4.93. The molecule has 22 heavy (non-hydrogen) atoms. The fraction of sp³-hybridized carbons (Fsp3) is 0.562. The number of benzene rings is 1. The van der Waals surface area contributed by atoms with E-state index in [1.807, 2.05) is 39.8 Å². The predicted molar refractivity (Wildman–Crippen MR) is 91.5 cm³/mol. The van der Waals surface area contributed by atoms with Gasteiger partial charge >= 0.3 is 7.12 Å². The van der Waals surface area contributed by atoms with Gasteiger partial charge in [-0.25, -0.2) is 0 Å². The zero-order valence-corrected chi connectivity index (χ0v) is 15.5. The molecule has 4 nitrogen and oxygen atoms in total. The molecule has 0 radical (unpaired) electrons.